The van der Waals surface area contributed by atoms with Crippen molar-refractivity contribution in [3.63, 3.8) is 0 Å². The van der Waals surface area contributed by atoms with Crippen LogP contribution in [0.1, 0.15) is 16.1 Å². The summed E-state index contributed by atoms with van der Waals surface area (Å²) in [6.07, 6.45) is 1.01. The molecule has 0 bridgehead atoms. The van der Waals surface area contributed by atoms with Crippen LogP contribution in [0.3, 0.4) is 0 Å². The highest BCUT2D eigenvalue weighted by molar-refractivity contribution is 5.88. The zero-order valence-electron chi connectivity index (χ0n) is 9.77. The Bertz CT molecular complexity index is 677. The molecule has 0 saturated carbocycles. The van der Waals surface area contributed by atoms with E-state index in [1.807, 2.05) is 0 Å². The molecule has 8 nitrogen and oxygen atoms in total. The maximum atomic E-state index is 11.0. The van der Waals surface area contributed by atoms with Crippen molar-refractivity contribution in [1.29, 1.82) is 0 Å². The van der Waals surface area contributed by atoms with Gasteiger partial charge in [-0.05, 0) is 18.6 Å². The number of aromatic carboxylic acids is 1. The summed E-state index contributed by atoms with van der Waals surface area (Å²) in [5.74, 6) is -1.96. The number of aryl methyl sites for hydroxylation is 1. The molecule has 0 amide bonds. The lowest BCUT2D eigenvalue weighted by Crippen LogP contribution is -2.04. The smallest absolute Gasteiger partial charge is 0.360 e. The van der Waals surface area contributed by atoms with Gasteiger partial charge in [0.1, 0.15) is 5.69 Å². The van der Waals surface area contributed by atoms with Crippen molar-refractivity contribution in [3.05, 3.63) is 45.8 Å². The molecule has 19 heavy (non-hydrogen) atoms. The summed E-state index contributed by atoms with van der Waals surface area (Å²) >= 11 is 0. The number of nitrogens with zero attached hydrogens (tertiary/aromatic N) is 3. The predicted molar refractivity (Wildman–Crippen MR) is 63.6 cm³/mol. The second-order valence-electron chi connectivity index (χ2n) is 3.86. The molecule has 0 saturated heterocycles. The lowest BCUT2D eigenvalue weighted by atomic mass is 10.2. The Hall–Kier alpha value is -2.90. The molecule has 1 aromatic carbocycles. The molecule has 0 aliphatic heterocycles. The minimum Gasteiger partial charge on any atom is -0.504 e. The molecular formula is C11H9N3O5. The van der Waals surface area contributed by atoms with Crippen LogP contribution in [0.25, 0.3) is 5.69 Å². The number of aromatic nitrogens is 2. The standard InChI is InChI=1S/C11H9N3O5/c1-6-2-3-7(8(4-6)14(18)19)13-5-9(15)10(12-13)11(16)17/h2-5,15H,1H3,(H,16,17). The van der Waals surface area contributed by atoms with Gasteiger partial charge in [-0.1, -0.05) is 6.07 Å². The summed E-state index contributed by atoms with van der Waals surface area (Å²) in [5.41, 5.74) is -0.0157. The summed E-state index contributed by atoms with van der Waals surface area (Å²) in [6, 6.07) is 4.40. The monoisotopic (exact) mass is 263 g/mol. The largest absolute Gasteiger partial charge is 0.504 e. The van der Waals surface area contributed by atoms with Crippen molar-refractivity contribution < 1.29 is 19.9 Å². The van der Waals surface area contributed by atoms with Crippen LogP contribution in [-0.2, 0) is 0 Å². The van der Waals surface area contributed by atoms with E-state index in [4.69, 9.17) is 5.11 Å². The van der Waals surface area contributed by atoms with Gasteiger partial charge in [-0.15, -0.1) is 0 Å². The van der Waals surface area contributed by atoms with Gasteiger partial charge in [0.15, 0.2) is 5.75 Å². The van der Waals surface area contributed by atoms with Gasteiger partial charge in [-0.25, -0.2) is 9.48 Å². The number of carbonyl (C=O) groups is 1. The Morgan fingerprint density at radius 2 is 2.16 bits per heavy atom. The van der Waals surface area contributed by atoms with Crippen LogP contribution in [0.2, 0.25) is 0 Å². The molecule has 0 spiro atoms. The third-order valence-electron chi connectivity index (χ3n) is 2.47. The first-order valence-electron chi connectivity index (χ1n) is 5.17. The van der Waals surface area contributed by atoms with E-state index in [9.17, 15) is 20.0 Å². The topological polar surface area (TPSA) is 118 Å². The molecule has 0 radical (unpaired) electrons. The average Bonchev–Trinajstić information content (AvgIpc) is 2.71. The Morgan fingerprint density at radius 3 is 2.68 bits per heavy atom. The maximum absolute atomic E-state index is 11.0. The third-order valence-corrected chi connectivity index (χ3v) is 2.47. The van der Waals surface area contributed by atoms with Gasteiger partial charge in [0.05, 0.1) is 11.1 Å². The zero-order chi connectivity index (χ0) is 14.2. The van der Waals surface area contributed by atoms with Crippen molar-refractivity contribution in [1.82, 2.24) is 9.78 Å². The van der Waals surface area contributed by atoms with E-state index >= 15 is 0 Å². The molecule has 2 aromatic rings. The molecule has 0 fully saturated rings. The average molecular weight is 263 g/mol. The fourth-order valence-corrected chi connectivity index (χ4v) is 1.61. The quantitative estimate of drug-likeness (QED) is 0.639. The van der Waals surface area contributed by atoms with Gasteiger partial charge >= 0.3 is 5.97 Å². The Morgan fingerprint density at radius 1 is 1.47 bits per heavy atom. The number of nitro benzene ring substituents is 1. The number of hydrogen-bond acceptors (Lipinski definition) is 5. The molecule has 0 atom stereocenters. The van der Waals surface area contributed by atoms with E-state index in [0.717, 1.165) is 10.9 Å². The molecular weight excluding hydrogens is 254 g/mol. The van der Waals surface area contributed by atoms with E-state index in [1.165, 1.54) is 12.1 Å². The minimum absolute atomic E-state index is 0.0819. The van der Waals surface area contributed by atoms with Crippen molar-refractivity contribution in [2.24, 2.45) is 0 Å². The van der Waals surface area contributed by atoms with E-state index in [0.29, 0.717) is 5.56 Å². The number of rotatable bonds is 3. The van der Waals surface area contributed by atoms with E-state index in [-0.39, 0.29) is 11.4 Å². The Balaban J connectivity index is 2.62. The van der Waals surface area contributed by atoms with Crippen LogP contribution in [0.15, 0.2) is 24.4 Å². The first kappa shape index (κ1) is 12.6. The molecule has 0 aliphatic rings. The fourth-order valence-electron chi connectivity index (χ4n) is 1.61. The van der Waals surface area contributed by atoms with E-state index < -0.39 is 22.3 Å². The van der Waals surface area contributed by atoms with Gasteiger partial charge in [-0.3, -0.25) is 10.1 Å². The molecule has 98 valence electrons. The van der Waals surface area contributed by atoms with E-state index in [2.05, 4.69) is 5.10 Å². The SMILES string of the molecule is Cc1ccc(-n2cc(O)c(C(=O)O)n2)c([N+](=O)[O-])c1. The molecule has 2 rings (SSSR count). The molecule has 0 aliphatic carbocycles. The number of aromatic hydroxyl groups is 1. The zero-order valence-corrected chi connectivity index (χ0v) is 9.77. The summed E-state index contributed by atoms with van der Waals surface area (Å²) in [6.45, 7) is 1.69. The second-order valence-corrected chi connectivity index (χ2v) is 3.86. The highest BCUT2D eigenvalue weighted by Crippen LogP contribution is 2.26. The van der Waals surface area contributed by atoms with Gasteiger partial charge < -0.3 is 10.2 Å². The van der Waals surface area contributed by atoms with E-state index in [1.54, 1.807) is 13.0 Å². The normalized spacial score (nSPS) is 10.4. The maximum Gasteiger partial charge on any atom is 0.360 e. The Labute approximate surface area is 106 Å². The second kappa shape index (κ2) is 4.41. The number of benzene rings is 1. The molecule has 8 heteroatoms. The first-order valence-corrected chi connectivity index (χ1v) is 5.17. The van der Waals surface area contributed by atoms with Crippen molar-refractivity contribution >= 4 is 11.7 Å². The number of carboxylic acid groups (broad SMARTS) is 1. The summed E-state index contributed by atoms with van der Waals surface area (Å²) in [4.78, 5) is 21.1. The van der Waals surface area contributed by atoms with Crippen molar-refractivity contribution in [2.45, 2.75) is 6.92 Å². The first-order chi connectivity index (χ1) is 8.90. The van der Waals surface area contributed by atoms with Crippen molar-refractivity contribution in [3.8, 4) is 11.4 Å². The lowest BCUT2D eigenvalue weighted by molar-refractivity contribution is -0.384. The number of hydrogen-bond donors (Lipinski definition) is 2. The van der Waals surface area contributed by atoms with Gasteiger partial charge in [0.25, 0.3) is 5.69 Å². The van der Waals surface area contributed by atoms with Crippen molar-refractivity contribution in [2.75, 3.05) is 0 Å². The molecule has 1 heterocycles. The van der Waals surface area contributed by atoms with Crippen LogP contribution in [0, 0.1) is 17.0 Å². The molecule has 2 N–H and O–H groups in total. The molecule has 0 unspecified atom stereocenters. The lowest BCUT2D eigenvalue weighted by Gasteiger charge is -2.03. The third kappa shape index (κ3) is 2.23. The van der Waals surface area contributed by atoms with Gasteiger partial charge in [0.2, 0.25) is 5.69 Å². The Kier molecular flexibility index (Phi) is 2.91. The van der Waals surface area contributed by atoms with Gasteiger partial charge in [0, 0.05) is 6.07 Å². The number of nitro groups is 1. The number of carboxylic acids is 1. The van der Waals surface area contributed by atoms with Crippen LogP contribution in [0.5, 0.6) is 5.75 Å². The summed E-state index contributed by atoms with van der Waals surface area (Å²) in [5, 5.41) is 32.8. The minimum atomic E-state index is -1.41. The summed E-state index contributed by atoms with van der Waals surface area (Å²) in [7, 11) is 0. The van der Waals surface area contributed by atoms with Crippen LogP contribution in [-0.4, -0.2) is 30.9 Å². The van der Waals surface area contributed by atoms with Crippen LogP contribution in [0.4, 0.5) is 5.69 Å². The predicted octanol–water partition coefficient (Wildman–Crippen LogP) is 1.49. The summed E-state index contributed by atoms with van der Waals surface area (Å²) < 4.78 is 0.969. The molecule has 1 aromatic heterocycles. The van der Waals surface area contributed by atoms with Crippen LogP contribution < -0.4 is 0 Å². The van der Waals surface area contributed by atoms with Crippen LogP contribution >= 0.6 is 0 Å². The highest BCUT2D eigenvalue weighted by Gasteiger charge is 2.21. The fraction of sp³-hybridized carbons (Fsp3) is 0.0909. The van der Waals surface area contributed by atoms with Gasteiger partial charge in [-0.2, -0.15) is 5.10 Å². The highest BCUT2D eigenvalue weighted by atomic mass is 16.6.